The summed E-state index contributed by atoms with van der Waals surface area (Å²) in [5.41, 5.74) is 0. The highest BCUT2D eigenvalue weighted by Gasteiger charge is 2.18. The minimum Gasteiger partial charge on any atom is -0.465 e. The number of hydrogen-bond acceptors (Lipinski definition) is 3. The van der Waals surface area contributed by atoms with Crippen LogP contribution in [0.4, 0.5) is 4.79 Å². The van der Waals surface area contributed by atoms with Gasteiger partial charge in [-0.15, -0.1) is 0 Å². The van der Waals surface area contributed by atoms with Crippen LogP contribution in [0.3, 0.4) is 0 Å². The number of nitrogens with one attached hydrogen (secondary N) is 1. The fraction of sp³-hybridized carbons (Fsp3) is 0.857. The van der Waals surface area contributed by atoms with Gasteiger partial charge in [0.25, 0.3) is 0 Å². The number of carbonyl (C=O) groups is 1. The molecule has 1 aliphatic heterocycles. The molecule has 0 aromatic heterocycles. The zero-order valence-corrected chi connectivity index (χ0v) is 7.76. The Balaban J connectivity index is 2.39. The van der Waals surface area contributed by atoms with E-state index in [0.717, 1.165) is 19.3 Å². The first-order chi connectivity index (χ1) is 5.74. The Kier molecular flexibility index (Phi) is 3.68. The second-order valence-corrected chi connectivity index (χ2v) is 3.28. The number of carboxylic acid groups (broad SMARTS) is 1. The van der Waals surface area contributed by atoms with Crippen molar-refractivity contribution < 1.29 is 9.90 Å². The minimum atomic E-state index is -0.810. The van der Waals surface area contributed by atoms with Crippen molar-refractivity contribution in [2.45, 2.75) is 25.3 Å². The van der Waals surface area contributed by atoms with Gasteiger partial charge < -0.3 is 10.0 Å². The van der Waals surface area contributed by atoms with E-state index in [9.17, 15) is 4.79 Å². The molecule has 5 heteroatoms. The summed E-state index contributed by atoms with van der Waals surface area (Å²) in [4.78, 5) is 12.1. The zero-order valence-electron chi connectivity index (χ0n) is 6.86. The molecule has 1 atom stereocenters. The van der Waals surface area contributed by atoms with Crippen molar-refractivity contribution >= 4 is 18.9 Å². The summed E-state index contributed by atoms with van der Waals surface area (Å²) in [5, 5.41) is 8.71. The molecule has 0 spiro atoms. The highest BCUT2D eigenvalue weighted by atomic mass is 32.1. The molecule has 1 rings (SSSR count). The van der Waals surface area contributed by atoms with Crippen molar-refractivity contribution in [1.29, 1.82) is 0 Å². The molecule has 1 saturated heterocycles. The minimum absolute atomic E-state index is 0.359. The molecular formula is C7H14N2O2S. The van der Waals surface area contributed by atoms with E-state index in [2.05, 4.69) is 17.5 Å². The quantitative estimate of drug-likeness (QED) is 0.540. The zero-order chi connectivity index (χ0) is 8.97. The normalized spacial score (nSPS) is 25.1. The van der Waals surface area contributed by atoms with Gasteiger partial charge in [-0.1, -0.05) is 12.8 Å². The van der Waals surface area contributed by atoms with E-state index in [1.807, 2.05) is 0 Å². The van der Waals surface area contributed by atoms with Crippen LogP contribution in [0.1, 0.15) is 19.3 Å². The lowest BCUT2D eigenvalue weighted by atomic mass is 10.1. The van der Waals surface area contributed by atoms with Gasteiger partial charge in [-0.05, 0) is 19.3 Å². The molecule has 0 saturated carbocycles. The van der Waals surface area contributed by atoms with Crippen LogP contribution in [0.25, 0.3) is 0 Å². The van der Waals surface area contributed by atoms with Crippen LogP contribution in [-0.2, 0) is 0 Å². The molecule has 0 bridgehead atoms. The summed E-state index contributed by atoms with van der Waals surface area (Å²) in [7, 11) is 0. The third-order valence-electron chi connectivity index (χ3n) is 2.18. The highest BCUT2D eigenvalue weighted by molar-refractivity contribution is 7.78. The Bertz CT molecular complexity index is 165. The van der Waals surface area contributed by atoms with Crippen molar-refractivity contribution in [2.75, 3.05) is 13.1 Å². The second-order valence-electron chi connectivity index (χ2n) is 3.03. The van der Waals surface area contributed by atoms with E-state index >= 15 is 0 Å². The number of rotatable bonds is 1. The lowest BCUT2D eigenvalue weighted by molar-refractivity contribution is 0.147. The van der Waals surface area contributed by atoms with Gasteiger partial charge >= 0.3 is 6.09 Å². The molecule has 1 aliphatic rings. The third-order valence-corrected chi connectivity index (χ3v) is 2.55. The molecule has 1 heterocycles. The van der Waals surface area contributed by atoms with Crippen LogP contribution in [-0.4, -0.2) is 35.2 Å². The van der Waals surface area contributed by atoms with Gasteiger partial charge in [0.05, 0.1) is 0 Å². The number of hydrogen-bond donors (Lipinski definition) is 3. The van der Waals surface area contributed by atoms with Gasteiger partial charge in [-0.25, -0.2) is 4.79 Å². The van der Waals surface area contributed by atoms with E-state index in [0.29, 0.717) is 19.1 Å². The van der Waals surface area contributed by atoms with Crippen molar-refractivity contribution in [2.24, 2.45) is 0 Å². The maximum Gasteiger partial charge on any atom is 0.407 e. The maximum absolute atomic E-state index is 10.6. The molecule has 0 radical (unpaired) electrons. The molecule has 12 heavy (non-hydrogen) atoms. The molecule has 2 N–H and O–H groups in total. The average Bonchev–Trinajstić information content (AvgIpc) is 2.28. The lowest BCUT2D eigenvalue weighted by Crippen LogP contribution is -2.31. The Morgan fingerprint density at radius 2 is 2.25 bits per heavy atom. The van der Waals surface area contributed by atoms with Crippen LogP contribution in [0.15, 0.2) is 0 Å². The van der Waals surface area contributed by atoms with Gasteiger partial charge in [0.1, 0.15) is 0 Å². The van der Waals surface area contributed by atoms with Crippen LogP contribution in [0, 0.1) is 0 Å². The monoisotopic (exact) mass is 190 g/mol. The predicted molar refractivity (Wildman–Crippen MR) is 49.4 cm³/mol. The average molecular weight is 190 g/mol. The van der Waals surface area contributed by atoms with E-state index in [4.69, 9.17) is 5.11 Å². The molecule has 0 aromatic carbocycles. The first kappa shape index (κ1) is 9.67. The standard InChI is InChI=1S/C7H14N2O2S/c10-7(11)9-4-1-2-6(8-12)3-5-9/h6,8,12H,1-5H2,(H,10,11)/t6-/m1/s1. The highest BCUT2D eigenvalue weighted by Crippen LogP contribution is 2.11. The van der Waals surface area contributed by atoms with Crippen LogP contribution >= 0.6 is 12.8 Å². The van der Waals surface area contributed by atoms with Crippen molar-refractivity contribution in [3.63, 3.8) is 0 Å². The smallest absolute Gasteiger partial charge is 0.407 e. The Morgan fingerprint density at radius 1 is 1.50 bits per heavy atom. The Labute approximate surface area is 77.5 Å². The van der Waals surface area contributed by atoms with Gasteiger partial charge in [0.2, 0.25) is 0 Å². The van der Waals surface area contributed by atoms with E-state index in [1.54, 1.807) is 0 Å². The van der Waals surface area contributed by atoms with E-state index in [1.165, 1.54) is 4.90 Å². The summed E-state index contributed by atoms with van der Waals surface area (Å²) in [6.07, 6.45) is 1.97. The number of thiol groups is 1. The van der Waals surface area contributed by atoms with Crippen molar-refractivity contribution in [3.8, 4) is 0 Å². The molecule has 0 aliphatic carbocycles. The third kappa shape index (κ3) is 2.57. The fourth-order valence-corrected chi connectivity index (χ4v) is 1.67. The van der Waals surface area contributed by atoms with Crippen LogP contribution in [0.5, 0.6) is 0 Å². The molecular weight excluding hydrogens is 176 g/mol. The topological polar surface area (TPSA) is 52.6 Å². The summed E-state index contributed by atoms with van der Waals surface area (Å²) < 4.78 is 2.88. The first-order valence-corrected chi connectivity index (χ1v) is 4.56. The summed E-state index contributed by atoms with van der Waals surface area (Å²) in [6.45, 7) is 1.27. The predicted octanol–water partition coefficient (Wildman–Crippen LogP) is 0.953. The second kappa shape index (κ2) is 4.57. The first-order valence-electron chi connectivity index (χ1n) is 4.11. The van der Waals surface area contributed by atoms with Gasteiger partial charge in [0, 0.05) is 19.1 Å². The summed E-state index contributed by atoms with van der Waals surface area (Å²) >= 11 is 3.98. The Morgan fingerprint density at radius 3 is 2.83 bits per heavy atom. The molecule has 1 amide bonds. The molecule has 70 valence electrons. The number of nitrogens with zero attached hydrogens (tertiary/aromatic N) is 1. The molecule has 1 fully saturated rings. The molecule has 0 unspecified atom stereocenters. The van der Waals surface area contributed by atoms with Gasteiger partial charge in [-0.3, -0.25) is 4.72 Å². The lowest BCUT2D eigenvalue weighted by Gasteiger charge is -2.15. The number of likely N-dealkylation sites (tertiary alicyclic amines) is 1. The molecule has 4 nitrogen and oxygen atoms in total. The summed E-state index contributed by atoms with van der Waals surface area (Å²) in [5.74, 6) is 0. The van der Waals surface area contributed by atoms with Gasteiger partial charge in [-0.2, -0.15) is 0 Å². The van der Waals surface area contributed by atoms with Crippen molar-refractivity contribution in [3.05, 3.63) is 0 Å². The van der Waals surface area contributed by atoms with Crippen LogP contribution in [0.2, 0.25) is 0 Å². The van der Waals surface area contributed by atoms with Gasteiger partial charge in [0.15, 0.2) is 0 Å². The van der Waals surface area contributed by atoms with Crippen molar-refractivity contribution in [1.82, 2.24) is 9.62 Å². The summed E-state index contributed by atoms with van der Waals surface area (Å²) in [6, 6.07) is 0.359. The Hall–Kier alpha value is -0.420. The largest absolute Gasteiger partial charge is 0.465 e. The molecule has 0 aromatic rings. The maximum atomic E-state index is 10.6. The number of amides is 1. The fourth-order valence-electron chi connectivity index (χ4n) is 1.42. The SMILES string of the molecule is O=C(O)N1CCC[C@@H](NS)CC1. The van der Waals surface area contributed by atoms with E-state index in [-0.39, 0.29) is 0 Å². The van der Waals surface area contributed by atoms with E-state index < -0.39 is 6.09 Å². The van der Waals surface area contributed by atoms with Crippen LogP contribution < -0.4 is 4.72 Å².